The van der Waals surface area contributed by atoms with Gasteiger partial charge in [0, 0.05) is 5.69 Å². The molecule has 7 heteroatoms. The number of benzene rings is 2. The first-order valence-corrected chi connectivity index (χ1v) is 9.01. The van der Waals surface area contributed by atoms with E-state index in [0.717, 1.165) is 5.56 Å². The third kappa shape index (κ3) is 3.15. The van der Waals surface area contributed by atoms with Crippen molar-refractivity contribution < 1.29 is 9.18 Å². The van der Waals surface area contributed by atoms with Crippen LogP contribution in [-0.2, 0) is 4.79 Å². The third-order valence-corrected chi connectivity index (χ3v) is 4.78. The lowest BCUT2D eigenvalue weighted by atomic mass is 10.0. The molecule has 2 heterocycles. The minimum atomic E-state index is -0.643. The SMILES string of the molecule is CC(C)c1ccc(C2N=C(C(N)=O)c3ncn(-c4ccc(F)cc4)c3N2)cc1. The van der Waals surface area contributed by atoms with Crippen molar-refractivity contribution in [2.75, 3.05) is 5.32 Å². The Hall–Kier alpha value is -3.48. The van der Waals surface area contributed by atoms with Crippen LogP contribution in [0.5, 0.6) is 0 Å². The summed E-state index contributed by atoms with van der Waals surface area (Å²) >= 11 is 0. The maximum Gasteiger partial charge on any atom is 0.269 e. The van der Waals surface area contributed by atoms with Crippen LogP contribution in [0, 0.1) is 5.82 Å². The second kappa shape index (κ2) is 6.92. The third-order valence-electron chi connectivity index (χ3n) is 4.78. The zero-order chi connectivity index (χ0) is 19.8. The fourth-order valence-electron chi connectivity index (χ4n) is 3.21. The summed E-state index contributed by atoms with van der Waals surface area (Å²) in [7, 11) is 0. The summed E-state index contributed by atoms with van der Waals surface area (Å²) < 4.78 is 15.0. The topological polar surface area (TPSA) is 85.3 Å². The first-order chi connectivity index (χ1) is 13.4. The van der Waals surface area contributed by atoms with E-state index in [4.69, 9.17) is 5.73 Å². The Morgan fingerprint density at radius 1 is 1.14 bits per heavy atom. The van der Waals surface area contributed by atoms with E-state index in [1.165, 1.54) is 17.7 Å². The highest BCUT2D eigenvalue weighted by atomic mass is 19.1. The zero-order valence-electron chi connectivity index (χ0n) is 15.6. The number of hydrogen-bond donors (Lipinski definition) is 2. The van der Waals surface area contributed by atoms with Crippen LogP contribution >= 0.6 is 0 Å². The van der Waals surface area contributed by atoms with Crippen LogP contribution in [-0.4, -0.2) is 21.2 Å². The Bertz CT molecular complexity index is 1050. The second-order valence-corrected chi connectivity index (χ2v) is 7.00. The first kappa shape index (κ1) is 17.9. The van der Waals surface area contributed by atoms with Gasteiger partial charge in [0.1, 0.15) is 29.8 Å². The molecule has 2 aromatic carbocycles. The van der Waals surface area contributed by atoms with Gasteiger partial charge in [0.15, 0.2) is 5.71 Å². The number of imidazole rings is 1. The zero-order valence-corrected chi connectivity index (χ0v) is 15.6. The van der Waals surface area contributed by atoms with E-state index in [0.29, 0.717) is 23.1 Å². The number of rotatable bonds is 4. The number of aromatic nitrogens is 2. The molecule has 1 unspecified atom stereocenters. The number of nitrogens with zero attached hydrogens (tertiary/aromatic N) is 3. The molecule has 1 atom stereocenters. The van der Waals surface area contributed by atoms with Crippen molar-refractivity contribution in [2.24, 2.45) is 10.7 Å². The molecule has 0 saturated carbocycles. The number of primary amides is 1. The van der Waals surface area contributed by atoms with E-state index < -0.39 is 12.1 Å². The Morgan fingerprint density at radius 3 is 2.43 bits per heavy atom. The average molecular weight is 377 g/mol. The van der Waals surface area contributed by atoms with Gasteiger partial charge >= 0.3 is 0 Å². The number of amides is 1. The summed E-state index contributed by atoms with van der Waals surface area (Å²) in [6, 6.07) is 14.1. The molecule has 4 rings (SSSR count). The van der Waals surface area contributed by atoms with Crippen molar-refractivity contribution in [3.63, 3.8) is 0 Å². The predicted molar refractivity (Wildman–Crippen MR) is 106 cm³/mol. The molecule has 0 fully saturated rings. The molecule has 1 aliphatic rings. The second-order valence-electron chi connectivity index (χ2n) is 7.00. The monoisotopic (exact) mass is 377 g/mol. The quantitative estimate of drug-likeness (QED) is 0.729. The van der Waals surface area contributed by atoms with Crippen LogP contribution in [0.1, 0.15) is 42.8 Å². The van der Waals surface area contributed by atoms with Gasteiger partial charge in [0.05, 0.1) is 0 Å². The predicted octanol–water partition coefficient (Wildman–Crippen LogP) is 3.53. The summed E-state index contributed by atoms with van der Waals surface area (Å²) in [4.78, 5) is 20.8. The molecule has 0 bridgehead atoms. The molecule has 0 saturated heterocycles. The number of aliphatic imine (C=N–C) groups is 1. The molecule has 3 aromatic rings. The molecule has 0 aliphatic carbocycles. The molecule has 28 heavy (non-hydrogen) atoms. The van der Waals surface area contributed by atoms with Gasteiger partial charge < -0.3 is 11.1 Å². The normalized spacial score (nSPS) is 15.7. The maximum absolute atomic E-state index is 13.3. The summed E-state index contributed by atoms with van der Waals surface area (Å²) in [5.41, 5.74) is 8.89. The maximum atomic E-state index is 13.3. The molecular formula is C21H20FN5O. The van der Waals surface area contributed by atoms with Gasteiger partial charge in [-0.25, -0.2) is 14.4 Å². The Morgan fingerprint density at radius 2 is 1.82 bits per heavy atom. The number of hydrogen-bond acceptors (Lipinski definition) is 4. The number of carbonyl (C=O) groups excluding carboxylic acids is 1. The molecular weight excluding hydrogens is 357 g/mol. The van der Waals surface area contributed by atoms with Gasteiger partial charge in [-0.15, -0.1) is 0 Å². The molecule has 3 N–H and O–H groups in total. The minimum Gasteiger partial charge on any atom is -0.364 e. The summed E-state index contributed by atoms with van der Waals surface area (Å²) in [6.07, 6.45) is 1.08. The van der Waals surface area contributed by atoms with Gasteiger partial charge in [-0.2, -0.15) is 0 Å². The highest BCUT2D eigenvalue weighted by Gasteiger charge is 2.29. The number of fused-ring (bicyclic) bond motifs is 1. The summed E-state index contributed by atoms with van der Waals surface area (Å²) in [6.45, 7) is 4.26. The summed E-state index contributed by atoms with van der Waals surface area (Å²) in [5.74, 6) is 0.0435. The van der Waals surface area contributed by atoms with Gasteiger partial charge in [-0.3, -0.25) is 9.36 Å². The minimum absolute atomic E-state index is 0.118. The molecule has 0 radical (unpaired) electrons. The van der Waals surface area contributed by atoms with Gasteiger partial charge in [-0.1, -0.05) is 38.1 Å². The molecule has 0 spiro atoms. The average Bonchev–Trinajstić information content (AvgIpc) is 3.11. The molecule has 1 amide bonds. The van der Waals surface area contributed by atoms with E-state index in [9.17, 15) is 9.18 Å². The largest absolute Gasteiger partial charge is 0.364 e. The van der Waals surface area contributed by atoms with Crippen molar-refractivity contribution in [3.8, 4) is 5.69 Å². The number of nitrogens with one attached hydrogen (secondary N) is 1. The lowest BCUT2D eigenvalue weighted by molar-refractivity contribution is -0.112. The van der Waals surface area contributed by atoms with E-state index in [2.05, 4.69) is 29.1 Å². The van der Waals surface area contributed by atoms with Gasteiger partial charge in [0.2, 0.25) is 0 Å². The molecule has 142 valence electrons. The fraction of sp³-hybridized carbons (Fsp3) is 0.190. The first-order valence-electron chi connectivity index (χ1n) is 9.01. The van der Waals surface area contributed by atoms with Crippen LogP contribution in [0.3, 0.4) is 0 Å². The number of anilines is 1. The standard InChI is InChI=1S/C21H20FN5O/c1-12(2)13-3-5-14(6-4-13)20-25-17(19(23)28)18-21(26-20)27(11-24-18)16-9-7-15(22)8-10-16/h3-12,20,26H,1-2H3,(H2,23,28). The Balaban J connectivity index is 1.76. The lowest BCUT2D eigenvalue weighted by Gasteiger charge is -2.24. The van der Waals surface area contributed by atoms with Gasteiger partial charge in [-0.05, 0) is 41.3 Å². The van der Waals surface area contributed by atoms with E-state index in [-0.39, 0.29) is 11.5 Å². The number of carbonyl (C=O) groups is 1. The van der Waals surface area contributed by atoms with Gasteiger partial charge in [0.25, 0.3) is 5.91 Å². The van der Waals surface area contributed by atoms with E-state index in [1.54, 1.807) is 23.0 Å². The fourth-order valence-corrected chi connectivity index (χ4v) is 3.21. The highest BCUT2D eigenvalue weighted by molar-refractivity contribution is 6.45. The van der Waals surface area contributed by atoms with Crippen LogP contribution in [0.4, 0.5) is 10.2 Å². The van der Waals surface area contributed by atoms with Crippen molar-refractivity contribution in [1.29, 1.82) is 0 Å². The van der Waals surface area contributed by atoms with E-state index in [1.807, 2.05) is 24.3 Å². The van der Waals surface area contributed by atoms with Crippen LogP contribution in [0.2, 0.25) is 0 Å². The van der Waals surface area contributed by atoms with Crippen LogP contribution in [0.25, 0.3) is 5.69 Å². The van der Waals surface area contributed by atoms with Crippen LogP contribution in [0.15, 0.2) is 59.9 Å². The smallest absolute Gasteiger partial charge is 0.269 e. The number of halogens is 1. The molecule has 1 aliphatic heterocycles. The van der Waals surface area contributed by atoms with Crippen LogP contribution < -0.4 is 11.1 Å². The van der Waals surface area contributed by atoms with E-state index >= 15 is 0 Å². The molecule has 1 aromatic heterocycles. The Labute approximate surface area is 161 Å². The molecule has 6 nitrogen and oxygen atoms in total. The lowest BCUT2D eigenvalue weighted by Crippen LogP contribution is -2.31. The highest BCUT2D eigenvalue weighted by Crippen LogP contribution is 2.32. The summed E-state index contributed by atoms with van der Waals surface area (Å²) in [5, 5.41) is 3.32. The van der Waals surface area contributed by atoms with Crippen molar-refractivity contribution in [3.05, 3.63) is 77.5 Å². The van der Waals surface area contributed by atoms with Crippen molar-refractivity contribution in [2.45, 2.75) is 25.9 Å². The Kier molecular flexibility index (Phi) is 4.43. The van der Waals surface area contributed by atoms with Crippen molar-refractivity contribution >= 4 is 17.4 Å². The number of nitrogens with two attached hydrogens (primary N) is 1. The van der Waals surface area contributed by atoms with Crippen molar-refractivity contribution in [1.82, 2.24) is 9.55 Å².